The molecule has 3 nitrogen and oxygen atoms in total. The van der Waals surface area contributed by atoms with Crippen molar-refractivity contribution in [2.75, 3.05) is 13.6 Å². The van der Waals surface area contributed by atoms with Crippen LogP contribution in [0.1, 0.15) is 18.4 Å². The van der Waals surface area contributed by atoms with Crippen LogP contribution in [0, 0.1) is 5.92 Å². The molecule has 0 saturated heterocycles. The van der Waals surface area contributed by atoms with Gasteiger partial charge >= 0.3 is 0 Å². The van der Waals surface area contributed by atoms with Crippen molar-refractivity contribution in [2.45, 2.75) is 19.4 Å². The monoisotopic (exact) mass is 273 g/mol. The molecule has 1 aromatic carbocycles. The lowest BCUT2D eigenvalue weighted by Crippen LogP contribution is -2.37. The quantitative estimate of drug-likeness (QED) is 0.664. The van der Waals surface area contributed by atoms with Gasteiger partial charge in [-0.15, -0.1) is 11.3 Å². The zero-order chi connectivity index (χ0) is 13.1. The summed E-state index contributed by atoms with van der Waals surface area (Å²) in [4.78, 5) is 4.27. The van der Waals surface area contributed by atoms with Crippen LogP contribution in [0.25, 0.3) is 10.1 Å². The number of fused-ring (bicyclic) bond motifs is 1. The topological polar surface area (TPSA) is 36.4 Å². The van der Waals surface area contributed by atoms with Crippen LogP contribution in [-0.4, -0.2) is 19.6 Å². The van der Waals surface area contributed by atoms with E-state index < -0.39 is 0 Å². The van der Waals surface area contributed by atoms with E-state index >= 15 is 0 Å². The minimum absolute atomic E-state index is 0.828. The summed E-state index contributed by atoms with van der Waals surface area (Å²) in [5.74, 6) is 1.77. The molecule has 0 spiro atoms. The molecule has 1 aliphatic rings. The minimum Gasteiger partial charge on any atom is -0.356 e. The minimum atomic E-state index is 0.828. The van der Waals surface area contributed by atoms with Crippen LogP contribution in [0.3, 0.4) is 0 Å². The van der Waals surface area contributed by atoms with E-state index in [1.807, 2.05) is 7.05 Å². The molecule has 1 fully saturated rings. The Morgan fingerprint density at radius 2 is 2.16 bits per heavy atom. The molecule has 0 atom stereocenters. The van der Waals surface area contributed by atoms with Crippen LogP contribution in [0.15, 0.2) is 34.6 Å². The van der Waals surface area contributed by atoms with Gasteiger partial charge in [-0.05, 0) is 41.2 Å². The Kier molecular flexibility index (Phi) is 3.69. The summed E-state index contributed by atoms with van der Waals surface area (Å²) in [6, 6.07) is 8.54. The number of nitrogens with one attached hydrogen (secondary N) is 2. The summed E-state index contributed by atoms with van der Waals surface area (Å²) in [5.41, 5.74) is 1.34. The maximum Gasteiger partial charge on any atom is 0.191 e. The first-order valence-electron chi connectivity index (χ1n) is 6.76. The van der Waals surface area contributed by atoms with Crippen LogP contribution in [-0.2, 0) is 6.54 Å². The fraction of sp³-hybridized carbons (Fsp3) is 0.400. The van der Waals surface area contributed by atoms with E-state index in [1.165, 1.54) is 28.5 Å². The molecule has 2 N–H and O–H groups in total. The first-order valence-corrected chi connectivity index (χ1v) is 7.64. The summed E-state index contributed by atoms with van der Waals surface area (Å²) in [6.45, 7) is 1.87. The third-order valence-electron chi connectivity index (χ3n) is 3.49. The lowest BCUT2D eigenvalue weighted by atomic mass is 10.2. The van der Waals surface area contributed by atoms with Gasteiger partial charge in [-0.3, -0.25) is 4.99 Å². The number of aliphatic imine (C=N–C) groups is 1. The Morgan fingerprint density at radius 1 is 1.32 bits per heavy atom. The van der Waals surface area contributed by atoms with Crippen molar-refractivity contribution in [1.82, 2.24) is 10.6 Å². The third kappa shape index (κ3) is 3.07. The maximum absolute atomic E-state index is 4.27. The number of guanidine groups is 1. The van der Waals surface area contributed by atoms with Gasteiger partial charge < -0.3 is 10.6 Å². The van der Waals surface area contributed by atoms with Gasteiger partial charge in [0, 0.05) is 24.8 Å². The Labute approximate surface area is 117 Å². The molecule has 19 heavy (non-hydrogen) atoms. The number of rotatable bonds is 4. The average molecular weight is 273 g/mol. The Morgan fingerprint density at radius 3 is 2.95 bits per heavy atom. The highest BCUT2D eigenvalue weighted by molar-refractivity contribution is 7.17. The van der Waals surface area contributed by atoms with Crippen LogP contribution in [0.2, 0.25) is 0 Å². The van der Waals surface area contributed by atoms with Crippen LogP contribution < -0.4 is 10.6 Å². The number of thiophene rings is 1. The molecule has 0 radical (unpaired) electrons. The Balaban J connectivity index is 1.61. The lowest BCUT2D eigenvalue weighted by molar-refractivity contribution is 0.738. The van der Waals surface area contributed by atoms with Crippen molar-refractivity contribution in [3.8, 4) is 0 Å². The van der Waals surface area contributed by atoms with Crippen LogP contribution >= 0.6 is 11.3 Å². The number of nitrogens with zero attached hydrogens (tertiary/aromatic N) is 1. The van der Waals surface area contributed by atoms with Crippen molar-refractivity contribution in [1.29, 1.82) is 0 Å². The fourth-order valence-corrected chi connectivity index (χ4v) is 3.09. The normalized spacial score (nSPS) is 15.7. The molecule has 4 heteroatoms. The summed E-state index contributed by atoms with van der Waals surface area (Å²) in [6.07, 6.45) is 2.72. The zero-order valence-corrected chi connectivity index (χ0v) is 12.0. The molecule has 2 aromatic rings. The van der Waals surface area contributed by atoms with Crippen LogP contribution in [0.4, 0.5) is 0 Å². The van der Waals surface area contributed by atoms with Gasteiger partial charge in [0.1, 0.15) is 0 Å². The highest BCUT2D eigenvalue weighted by Crippen LogP contribution is 2.27. The predicted octanol–water partition coefficient (Wildman–Crippen LogP) is 2.98. The van der Waals surface area contributed by atoms with Crippen molar-refractivity contribution in [2.24, 2.45) is 10.9 Å². The molecule has 0 aliphatic heterocycles. The largest absolute Gasteiger partial charge is 0.356 e. The predicted molar refractivity (Wildman–Crippen MR) is 82.8 cm³/mol. The molecular weight excluding hydrogens is 254 g/mol. The average Bonchev–Trinajstić information content (AvgIpc) is 3.19. The van der Waals surface area contributed by atoms with Gasteiger partial charge in [0.15, 0.2) is 5.96 Å². The highest BCUT2D eigenvalue weighted by atomic mass is 32.1. The SMILES string of the molecule is CN=C(NCc1csc2ccccc12)NCC1CC1. The van der Waals surface area contributed by atoms with Gasteiger partial charge in [-0.25, -0.2) is 0 Å². The van der Waals surface area contributed by atoms with Crippen molar-refractivity contribution in [3.05, 3.63) is 35.2 Å². The third-order valence-corrected chi connectivity index (χ3v) is 4.50. The highest BCUT2D eigenvalue weighted by Gasteiger charge is 2.21. The molecule has 1 heterocycles. The molecule has 0 amide bonds. The molecule has 0 bridgehead atoms. The molecule has 100 valence electrons. The Hall–Kier alpha value is -1.55. The zero-order valence-electron chi connectivity index (χ0n) is 11.1. The van der Waals surface area contributed by atoms with Gasteiger partial charge in [-0.1, -0.05) is 18.2 Å². The first-order chi connectivity index (χ1) is 9.36. The second-order valence-electron chi connectivity index (χ2n) is 5.01. The lowest BCUT2D eigenvalue weighted by Gasteiger charge is -2.11. The van der Waals surface area contributed by atoms with Gasteiger partial charge in [0.05, 0.1) is 0 Å². The smallest absolute Gasteiger partial charge is 0.191 e. The van der Waals surface area contributed by atoms with Crippen LogP contribution in [0.5, 0.6) is 0 Å². The van der Waals surface area contributed by atoms with E-state index in [4.69, 9.17) is 0 Å². The van der Waals surface area contributed by atoms with E-state index in [1.54, 1.807) is 11.3 Å². The summed E-state index contributed by atoms with van der Waals surface area (Å²) in [5, 5.41) is 10.3. The molecule has 1 aromatic heterocycles. The second kappa shape index (κ2) is 5.61. The van der Waals surface area contributed by atoms with E-state index in [0.717, 1.165) is 25.0 Å². The Bertz CT molecular complexity index is 584. The molecular formula is C15H19N3S. The first kappa shape index (κ1) is 12.5. The van der Waals surface area contributed by atoms with E-state index in [9.17, 15) is 0 Å². The van der Waals surface area contributed by atoms with Crippen molar-refractivity contribution >= 4 is 27.4 Å². The number of hydrogen-bond donors (Lipinski definition) is 2. The van der Waals surface area contributed by atoms with Crippen molar-refractivity contribution in [3.63, 3.8) is 0 Å². The molecule has 1 saturated carbocycles. The number of hydrogen-bond acceptors (Lipinski definition) is 2. The standard InChI is InChI=1S/C15H19N3S/c1-16-15(17-8-11-6-7-11)18-9-12-10-19-14-5-3-2-4-13(12)14/h2-5,10-11H,6-9H2,1H3,(H2,16,17,18). The summed E-state index contributed by atoms with van der Waals surface area (Å²) >= 11 is 1.80. The van der Waals surface area contributed by atoms with Gasteiger partial charge in [0.25, 0.3) is 0 Å². The van der Waals surface area contributed by atoms with Gasteiger partial charge in [-0.2, -0.15) is 0 Å². The van der Waals surface area contributed by atoms with Crippen molar-refractivity contribution < 1.29 is 0 Å². The molecule has 0 unspecified atom stereocenters. The van der Waals surface area contributed by atoms with E-state index in [-0.39, 0.29) is 0 Å². The van der Waals surface area contributed by atoms with Gasteiger partial charge in [0.2, 0.25) is 0 Å². The summed E-state index contributed by atoms with van der Waals surface area (Å²) < 4.78 is 1.35. The van der Waals surface area contributed by atoms with E-state index in [2.05, 4.69) is 45.3 Å². The fourth-order valence-electron chi connectivity index (χ4n) is 2.13. The second-order valence-corrected chi connectivity index (χ2v) is 5.92. The number of benzene rings is 1. The maximum atomic E-state index is 4.27. The molecule has 3 rings (SSSR count). The summed E-state index contributed by atoms with van der Waals surface area (Å²) in [7, 11) is 1.83. The van der Waals surface area contributed by atoms with E-state index in [0.29, 0.717) is 0 Å². The molecule has 1 aliphatic carbocycles.